The Morgan fingerprint density at radius 1 is 0.925 bits per heavy atom. The summed E-state index contributed by atoms with van der Waals surface area (Å²) in [7, 11) is 1.50. The quantitative estimate of drug-likeness (QED) is 0.315. The van der Waals surface area contributed by atoms with E-state index in [1.54, 1.807) is 52.0 Å². The third-order valence-corrected chi connectivity index (χ3v) is 6.19. The van der Waals surface area contributed by atoms with Gasteiger partial charge in [0, 0.05) is 20.0 Å². The molecule has 2 atom stereocenters. The standard InChI is InChI=1S/C31H37N3O6/c1-20-17-23(13-16-26(20)36)27(28(37)32-19-22-9-7-6-8-10-22)34(5)29(38)25(33-30(39)40-31(2,3)4)18-21-11-14-24(35)15-12-21/h6-17,25,27,35-36H,18-19H2,1-5H3,(H,32,37)(H,33,39). The zero-order valence-electron chi connectivity index (χ0n) is 23.5. The third-order valence-electron chi connectivity index (χ3n) is 6.19. The summed E-state index contributed by atoms with van der Waals surface area (Å²) in [5.41, 5.74) is 1.84. The topological polar surface area (TPSA) is 128 Å². The van der Waals surface area contributed by atoms with Crippen LogP contribution in [0.3, 0.4) is 0 Å². The van der Waals surface area contributed by atoms with Crippen molar-refractivity contribution in [2.45, 2.75) is 58.3 Å². The maximum Gasteiger partial charge on any atom is 0.408 e. The number of benzene rings is 3. The van der Waals surface area contributed by atoms with E-state index in [9.17, 15) is 24.6 Å². The molecule has 212 valence electrons. The molecule has 0 radical (unpaired) electrons. The predicted octanol–water partition coefficient (Wildman–Crippen LogP) is 4.36. The highest BCUT2D eigenvalue weighted by Crippen LogP contribution is 2.26. The van der Waals surface area contributed by atoms with Gasteiger partial charge in [-0.15, -0.1) is 0 Å². The average molecular weight is 548 g/mol. The van der Waals surface area contributed by atoms with Crippen molar-refractivity contribution in [3.05, 3.63) is 95.1 Å². The largest absolute Gasteiger partial charge is 0.508 e. The Hall–Kier alpha value is -4.53. The summed E-state index contributed by atoms with van der Waals surface area (Å²) >= 11 is 0. The van der Waals surface area contributed by atoms with Gasteiger partial charge in [0.15, 0.2) is 0 Å². The molecule has 3 amide bonds. The van der Waals surface area contributed by atoms with Gasteiger partial charge in [-0.1, -0.05) is 48.5 Å². The molecule has 0 aliphatic carbocycles. The highest BCUT2D eigenvalue weighted by atomic mass is 16.6. The molecule has 9 heteroatoms. The van der Waals surface area contributed by atoms with Gasteiger partial charge in [0.1, 0.15) is 29.2 Å². The van der Waals surface area contributed by atoms with Crippen LogP contribution in [-0.2, 0) is 27.3 Å². The second kappa shape index (κ2) is 13.0. The number of likely N-dealkylation sites (N-methyl/N-ethyl adjacent to an activating group) is 1. The van der Waals surface area contributed by atoms with Crippen LogP contribution in [0.5, 0.6) is 11.5 Å². The number of ether oxygens (including phenoxy) is 1. The molecule has 0 saturated heterocycles. The number of nitrogens with one attached hydrogen (secondary N) is 2. The maximum atomic E-state index is 13.9. The van der Waals surface area contributed by atoms with E-state index in [0.29, 0.717) is 16.7 Å². The number of nitrogens with zero attached hydrogens (tertiary/aromatic N) is 1. The lowest BCUT2D eigenvalue weighted by Gasteiger charge is -2.32. The lowest BCUT2D eigenvalue weighted by molar-refractivity contribution is -0.140. The number of hydrogen-bond donors (Lipinski definition) is 4. The molecule has 0 aliphatic rings. The number of carbonyl (C=O) groups is 3. The molecular weight excluding hydrogens is 510 g/mol. The second-order valence-corrected chi connectivity index (χ2v) is 10.7. The summed E-state index contributed by atoms with van der Waals surface area (Å²) in [5, 5.41) is 25.3. The molecule has 0 aromatic heterocycles. The number of phenols is 2. The summed E-state index contributed by atoms with van der Waals surface area (Å²) < 4.78 is 5.40. The lowest BCUT2D eigenvalue weighted by atomic mass is 9.99. The van der Waals surface area contributed by atoms with E-state index >= 15 is 0 Å². The fraction of sp³-hybridized carbons (Fsp3) is 0.323. The zero-order valence-corrected chi connectivity index (χ0v) is 23.5. The minimum Gasteiger partial charge on any atom is -0.508 e. The van der Waals surface area contributed by atoms with Crippen molar-refractivity contribution in [2.24, 2.45) is 0 Å². The summed E-state index contributed by atoms with van der Waals surface area (Å²) in [5.74, 6) is -0.811. The van der Waals surface area contributed by atoms with Crippen molar-refractivity contribution in [3.63, 3.8) is 0 Å². The molecule has 0 aliphatic heterocycles. The van der Waals surface area contributed by atoms with Gasteiger partial charge in [-0.25, -0.2) is 4.79 Å². The number of hydrogen-bond acceptors (Lipinski definition) is 6. The van der Waals surface area contributed by atoms with E-state index in [4.69, 9.17) is 4.74 Å². The number of carbonyl (C=O) groups excluding carboxylic acids is 3. The number of phenolic OH excluding ortho intramolecular Hbond substituents is 2. The fourth-order valence-electron chi connectivity index (χ4n) is 4.17. The van der Waals surface area contributed by atoms with E-state index in [2.05, 4.69) is 10.6 Å². The summed E-state index contributed by atoms with van der Waals surface area (Å²) in [6.45, 7) is 7.11. The smallest absolute Gasteiger partial charge is 0.408 e. The Morgan fingerprint density at radius 2 is 1.57 bits per heavy atom. The van der Waals surface area contributed by atoms with E-state index < -0.39 is 35.6 Å². The van der Waals surface area contributed by atoms with Crippen molar-refractivity contribution < 1.29 is 29.3 Å². The maximum absolute atomic E-state index is 13.9. The highest BCUT2D eigenvalue weighted by molar-refractivity contribution is 5.92. The third kappa shape index (κ3) is 8.49. The molecule has 3 aromatic rings. The minimum atomic E-state index is -1.08. The highest BCUT2D eigenvalue weighted by Gasteiger charge is 2.34. The molecule has 0 heterocycles. The lowest BCUT2D eigenvalue weighted by Crippen LogP contribution is -2.52. The molecule has 9 nitrogen and oxygen atoms in total. The minimum absolute atomic E-state index is 0.0676. The summed E-state index contributed by atoms with van der Waals surface area (Å²) in [6, 6.07) is 18.3. The van der Waals surface area contributed by atoms with Crippen LogP contribution >= 0.6 is 0 Å². The Balaban J connectivity index is 1.93. The number of rotatable bonds is 9. The molecule has 2 unspecified atom stereocenters. The van der Waals surface area contributed by atoms with E-state index in [0.717, 1.165) is 5.56 Å². The number of aromatic hydroxyl groups is 2. The first-order valence-electron chi connectivity index (χ1n) is 13.0. The van der Waals surface area contributed by atoms with Crippen LogP contribution in [-0.4, -0.2) is 51.7 Å². The van der Waals surface area contributed by atoms with E-state index in [1.807, 2.05) is 30.3 Å². The fourth-order valence-corrected chi connectivity index (χ4v) is 4.17. The molecule has 0 fully saturated rings. The van der Waals surface area contributed by atoms with E-state index in [-0.39, 0.29) is 24.5 Å². The van der Waals surface area contributed by atoms with Crippen molar-refractivity contribution >= 4 is 17.9 Å². The molecule has 0 spiro atoms. The van der Waals surface area contributed by atoms with Gasteiger partial charge in [-0.2, -0.15) is 0 Å². The van der Waals surface area contributed by atoms with Crippen LogP contribution in [0, 0.1) is 6.92 Å². The van der Waals surface area contributed by atoms with Crippen LogP contribution in [0.4, 0.5) is 4.79 Å². The molecule has 3 aromatic carbocycles. The number of alkyl carbamates (subject to hydrolysis) is 1. The molecule has 0 bridgehead atoms. The van der Waals surface area contributed by atoms with Crippen LogP contribution in [0.2, 0.25) is 0 Å². The molecule has 3 rings (SSSR count). The Morgan fingerprint density at radius 3 is 2.17 bits per heavy atom. The van der Waals surface area contributed by atoms with Gasteiger partial charge in [0.2, 0.25) is 11.8 Å². The van der Waals surface area contributed by atoms with Crippen molar-refractivity contribution in [2.75, 3.05) is 7.05 Å². The molecular formula is C31H37N3O6. The first-order chi connectivity index (χ1) is 18.8. The monoisotopic (exact) mass is 547 g/mol. The van der Waals surface area contributed by atoms with Crippen molar-refractivity contribution in [3.8, 4) is 11.5 Å². The predicted molar refractivity (Wildman–Crippen MR) is 152 cm³/mol. The first kappa shape index (κ1) is 30.0. The molecule has 40 heavy (non-hydrogen) atoms. The van der Waals surface area contributed by atoms with Crippen LogP contribution in [0.1, 0.15) is 49.1 Å². The van der Waals surface area contributed by atoms with Gasteiger partial charge in [0.05, 0.1) is 0 Å². The number of aryl methyl sites for hydroxylation is 1. The normalized spacial score (nSPS) is 12.6. The molecule has 4 N–H and O–H groups in total. The van der Waals surface area contributed by atoms with E-state index in [1.165, 1.54) is 30.1 Å². The summed E-state index contributed by atoms with van der Waals surface area (Å²) in [6.07, 6.45) is -0.682. The average Bonchev–Trinajstić information content (AvgIpc) is 2.89. The SMILES string of the molecule is Cc1cc(C(C(=O)NCc2ccccc2)N(C)C(=O)C(Cc2ccc(O)cc2)NC(=O)OC(C)(C)C)ccc1O. The Labute approximate surface area is 234 Å². The van der Waals surface area contributed by atoms with Crippen LogP contribution in [0.25, 0.3) is 0 Å². The van der Waals surface area contributed by atoms with Gasteiger partial charge in [-0.05, 0) is 74.2 Å². The van der Waals surface area contributed by atoms with Gasteiger partial charge in [-0.3, -0.25) is 9.59 Å². The second-order valence-electron chi connectivity index (χ2n) is 10.7. The Bertz CT molecular complexity index is 1320. The first-order valence-corrected chi connectivity index (χ1v) is 13.0. The summed E-state index contributed by atoms with van der Waals surface area (Å²) in [4.78, 5) is 41.5. The van der Waals surface area contributed by atoms with Gasteiger partial charge >= 0.3 is 6.09 Å². The van der Waals surface area contributed by atoms with Crippen molar-refractivity contribution in [1.29, 1.82) is 0 Å². The number of amides is 3. The van der Waals surface area contributed by atoms with Gasteiger partial charge in [0.25, 0.3) is 0 Å². The molecule has 0 saturated carbocycles. The zero-order chi connectivity index (χ0) is 29.4. The van der Waals surface area contributed by atoms with Crippen LogP contribution in [0.15, 0.2) is 72.8 Å². The van der Waals surface area contributed by atoms with Gasteiger partial charge < -0.3 is 30.5 Å². The van der Waals surface area contributed by atoms with Crippen molar-refractivity contribution in [1.82, 2.24) is 15.5 Å². The van der Waals surface area contributed by atoms with Crippen LogP contribution < -0.4 is 10.6 Å². The Kier molecular flexibility index (Phi) is 9.77.